The van der Waals surface area contributed by atoms with Gasteiger partial charge in [-0.05, 0) is 45.4 Å². The molecule has 3 aliphatic rings. The van der Waals surface area contributed by atoms with Gasteiger partial charge in [0.05, 0.1) is 6.26 Å². The summed E-state index contributed by atoms with van der Waals surface area (Å²) in [5.74, 6) is -0.872. The Labute approximate surface area is 165 Å². The quantitative estimate of drug-likeness (QED) is 0.549. The van der Waals surface area contributed by atoms with Gasteiger partial charge in [-0.15, -0.1) is 0 Å². The smallest absolute Gasteiger partial charge is 0.243 e. The Morgan fingerprint density at radius 3 is 2.29 bits per heavy atom. The third-order valence-electron chi connectivity index (χ3n) is 6.23. The van der Waals surface area contributed by atoms with E-state index in [4.69, 9.17) is 5.14 Å². The maximum atomic E-state index is 13.0. The monoisotopic (exact) mass is 436 g/mol. The Kier molecular flexibility index (Phi) is 5.54. The molecule has 28 heavy (non-hydrogen) atoms. The molecule has 3 atom stereocenters. The number of sulfonamides is 2. The number of carbonyl (C=O) groups is 2. The number of likely N-dealkylation sites (tertiary alicyclic amines) is 1. The van der Waals surface area contributed by atoms with Gasteiger partial charge >= 0.3 is 0 Å². The van der Waals surface area contributed by atoms with Crippen molar-refractivity contribution in [2.75, 3.05) is 19.3 Å². The van der Waals surface area contributed by atoms with Crippen molar-refractivity contribution in [2.45, 2.75) is 68.3 Å². The number of hydrogen-bond acceptors (Lipinski definition) is 6. The molecule has 0 aromatic carbocycles. The van der Waals surface area contributed by atoms with Crippen molar-refractivity contribution < 1.29 is 26.4 Å². The van der Waals surface area contributed by atoms with E-state index in [1.807, 2.05) is 6.92 Å². The average molecular weight is 437 g/mol. The summed E-state index contributed by atoms with van der Waals surface area (Å²) < 4.78 is 47.3. The highest BCUT2D eigenvalue weighted by molar-refractivity contribution is 7.91. The molecule has 3 N–H and O–H groups in total. The molecule has 2 amide bonds. The van der Waals surface area contributed by atoms with E-state index < -0.39 is 42.8 Å². The molecule has 0 aromatic heterocycles. The third kappa shape index (κ3) is 3.66. The lowest BCUT2D eigenvalue weighted by Crippen LogP contribution is -2.61. The maximum Gasteiger partial charge on any atom is 0.243 e. The van der Waals surface area contributed by atoms with Crippen molar-refractivity contribution >= 4 is 31.9 Å². The predicted molar refractivity (Wildman–Crippen MR) is 102 cm³/mol. The van der Waals surface area contributed by atoms with Gasteiger partial charge in [-0.2, -0.15) is 4.31 Å². The molecule has 0 aromatic rings. The van der Waals surface area contributed by atoms with Crippen LogP contribution in [-0.4, -0.2) is 80.1 Å². The summed E-state index contributed by atoms with van der Waals surface area (Å²) in [5.41, 5.74) is 0. The lowest BCUT2D eigenvalue weighted by atomic mass is 9.83. The van der Waals surface area contributed by atoms with E-state index in [9.17, 15) is 26.4 Å². The summed E-state index contributed by atoms with van der Waals surface area (Å²) in [4.78, 5) is 27.2. The fourth-order valence-corrected chi connectivity index (χ4v) is 6.77. The summed E-state index contributed by atoms with van der Waals surface area (Å²) in [6.07, 6.45) is 3.70. The molecule has 0 spiro atoms. The van der Waals surface area contributed by atoms with Crippen molar-refractivity contribution in [3.05, 3.63) is 0 Å². The van der Waals surface area contributed by atoms with Gasteiger partial charge < -0.3 is 10.2 Å². The molecule has 1 saturated carbocycles. The van der Waals surface area contributed by atoms with E-state index in [2.05, 4.69) is 5.32 Å². The van der Waals surface area contributed by atoms with Gasteiger partial charge in [0.1, 0.15) is 6.04 Å². The molecule has 0 radical (unpaired) electrons. The van der Waals surface area contributed by atoms with E-state index in [1.54, 1.807) is 4.90 Å². The van der Waals surface area contributed by atoms with E-state index in [1.165, 1.54) is 4.31 Å². The molecule has 3 unspecified atom stereocenters. The normalized spacial score (nSPS) is 30.8. The minimum Gasteiger partial charge on any atom is -0.350 e. The Morgan fingerprint density at radius 2 is 1.79 bits per heavy atom. The average Bonchev–Trinajstić information content (AvgIpc) is 3.10. The second kappa shape index (κ2) is 7.22. The number of hydrogen-bond donors (Lipinski definition) is 2. The summed E-state index contributed by atoms with van der Waals surface area (Å²) in [6, 6.07) is -1.29. The number of nitrogens with zero attached hydrogens (tertiary/aromatic N) is 2. The van der Waals surface area contributed by atoms with Gasteiger partial charge in [-0.1, -0.05) is 0 Å². The van der Waals surface area contributed by atoms with Crippen molar-refractivity contribution in [3.63, 3.8) is 0 Å². The Morgan fingerprint density at radius 1 is 1.14 bits per heavy atom. The molecule has 3 rings (SSSR count). The van der Waals surface area contributed by atoms with Crippen LogP contribution < -0.4 is 10.5 Å². The molecule has 160 valence electrons. The van der Waals surface area contributed by atoms with E-state index in [0.29, 0.717) is 32.2 Å². The molecule has 2 heterocycles. The van der Waals surface area contributed by atoms with Crippen LogP contribution in [0.3, 0.4) is 0 Å². The van der Waals surface area contributed by atoms with Gasteiger partial charge in [0.2, 0.25) is 31.9 Å². The van der Waals surface area contributed by atoms with Crippen molar-refractivity contribution in [1.82, 2.24) is 14.5 Å². The number of nitrogens with two attached hydrogens (primary N) is 1. The predicted octanol–water partition coefficient (Wildman–Crippen LogP) is -1.27. The van der Waals surface area contributed by atoms with Gasteiger partial charge in [0, 0.05) is 25.2 Å². The fourth-order valence-electron chi connectivity index (χ4n) is 4.47. The molecule has 1 aliphatic carbocycles. The standard InChI is InChI=1S/C16H28N4O6S2/c1-11-9-12(18-15(22)16(6-4-7-16)28(17,25)26)10-19(11)14(21)13-5-3-8-20(13)27(2,23)24/h11-13H,3-10H2,1-2H3,(H,18,22)(H2,17,25,26). The zero-order valence-corrected chi connectivity index (χ0v) is 17.8. The molecule has 12 heteroatoms. The minimum atomic E-state index is -4.01. The lowest BCUT2D eigenvalue weighted by molar-refractivity contribution is -0.135. The molecule has 2 aliphatic heterocycles. The summed E-state index contributed by atoms with van der Waals surface area (Å²) in [6.45, 7) is 2.39. The Balaban J connectivity index is 1.68. The van der Waals surface area contributed by atoms with Crippen LogP contribution in [0.25, 0.3) is 0 Å². The molecule has 10 nitrogen and oxygen atoms in total. The first kappa shape index (κ1) is 21.5. The van der Waals surface area contributed by atoms with E-state index in [-0.39, 0.29) is 31.3 Å². The highest BCUT2D eigenvalue weighted by Gasteiger charge is 2.54. The van der Waals surface area contributed by atoms with Crippen LogP contribution in [-0.2, 0) is 29.6 Å². The first-order chi connectivity index (χ1) is 12.9. The second-order valence-electron chi connectivity index (χ2n) is 8.17. The molecular weight excluding hydrogens is 408 g/mol. The minimum absolute atomic E-state index is 0.188. The number of primary sulfonamides is 1. The van der Waals surface area contributed by atoms with Gasteiger partial charge in [0.15, 0.2) is 4.75 Å². The zero-order chi connectivity index (χ0) is 20.9. The van der Waals surface area contributed by atoms with E-state index >= 15 is 0 Å². The van der Waals surface area contributed by atoms with Crippen LogP contribution >= 0.6 is 0 Å². The van der Waals surface area contributed by atoms with Gasteiger partial charge in [-0.25, -0.2) is 22.0 Å². The third-order valence-corrected chi connectivity index (χ3v) is 9.20. The first-order valence-electron chi connectivity index (χ1n) is 9.47. The summed E-state index contributed by atoms with van der Waals surface area (Å²) in [7, 11) is -7.49. The number of nitrogens with one attached hydrogen (secondary N) is 1. The number of carbonyl (C=O) groups excluding carboxylic acids is 2. The fraction of sp³-hybridized carbons (Fsp3) is 0.875. The summed E-state index contributed by atoms with van der Waals surface area (Å²) >= 11 is 0. The number of amides is 2. The second-order valence-corrected chi connectivity index (χ2v) is 12.0. The van der Waals surface area contributed by atoms with Crippen LogP contribution in [0.2, 0.25) is 0 Å². The van der Waals surface area contributed by atoms with Crippen molar-refractivity contribution in [2.24, 2.45) is 5.14 Å². The lowest BCUT2D eigenvalue weighted by Gasteiger charge is -2.38. The molecular formula is C16H28N4O6S2. The summed E-state index contributed by atoms with van der Waals surface area (Å²) in [5, 5.41) is 8.03. The van der Waals surface area contributed by atoms with Crippen LogP contribution in [0.1, 0.15) is 45.4 Å². The SMILES string of the molecule is CC1CC(NC(=O)C2(S(N)(=O)=O)CCC2)CN1C(=O)C1CCCN1S(C)(=O)=O. The molecule has 2 saturated heterocycles. The molecule has 0 bridgehead atoms. The van der Waals surface area contributed by atoms with Crippen LogP contribution in [0.15, 0.2) is 0 Å². The first-order valence-corrected chi connectivity index (χ1v) is 12.9. The largest absolute Gasteiger partial charge is 0.350 e. The van der Waals surface area contributed by atoms with Gasteiger partial charge in [-0.3, -0.25) is 9.59 Å². The van der Waals surface area contributed by atoms with Crippen molar-refractivity contribution in [1.29, 1.82) is 0 Å². The van der Waals surface area contributed by atoms with Gasteiger partial charge in [0.25, 0.3) is 0 Å². The van der Waals surface area contributed by atoms with E-state index in [0.717, 1.165) is 6.26 Å². The number of rotatable bonds is 5. The van der Waals surface area contributed by atoms with Crippen molar-refractivity contribution in [3.8, 4) is 0 Å². The maximum absolute atomic E-state index is 13.0. The van der Waals surface area contributed by atoms with Crippen LogP contribution in [0.4, 0.5) is 0 Å². The highest BCUT2D eigenvalue weighted by Crippen LogP contribution is 2.38. The molecule has 3 fully saturated rings. The Bertz CT molecular complexity index is 868. The Hall–Kier alpha value is -1.24. The van der Waals surface area contributed by atoms with Crippen LogP contribution in [0, 0.1) is 0 Å². The highest BCUT2D eigenvalue weighted by atomic mass is 32.2. The van der Waals surface area contributed by atoms with Crippen LogP contribution in [0.5, 0.6) is 0 Å². The topological polar surface area (TPSA) is 147 Å². The zero-order valence-electron chi connectivity index (χ0n) is 16.1.